The Bertz CT molecular complexity index is 335. The maximum absolute atomic E-state index is 11.3. The van der Waals surface area contributed by atoms with E-state index >= 15 is 0 Å². The Morgan fingerprint density at radius 1 is 1.33 bits per heavy atom. The Labute approximate surface area is 98.2 Å². The first-order valence-electron chi connectivity index (χ1n) is 4.82. The summed E-state index contributed by atoms with van der Waals surface area (Å²) in [6.45, 7) is 3.60. The van der Waals surface area contributed by atoms with Crippen LogP contribution in [0.2, 0.25) is 0 Å². The van der Waals surface area contributed by atoms with E-state index in [2.05, 4.69) is 21.2 Å². The van der Waals surface area contributed by atoms with E-state index in [1.165, 1.54) is 0 Å². The number of amides is 1. The molecule has 2 atom stereocenters. The largest absolute Gasteiger partial charge is 0.348 e. The molecule has 15 heavy (non-hydrogen) atoms. The van der Waals surface area contributed by atoms with Gasteiger partial charge in [-0.15, -0.1) is 0 Å². The van der Waals surface area contributed by atoms with E-state index in [0.29, 0.717) is 0 Å². The number of benzene rings is 1. The van der Waals surface area contributed by atoms with Gasteiger partial charge in [-0.2, -0.15) is 0 Å². The summed E-state index contributed by atoms with van der Waals surface area (Å²) >= 11 is 3.36. The van der Waals surface area contributed by atoms with Crippen LogP contribution in [0.3, 0.4) is 0 Å². The van der Waals surface area contributed by atoms with Gasteiger partial charge in [0.15, 0.2) is 0 Å². The summed E-state index contributed by atoms with van der Waals surface area (Å²) < 4.78 is 1.02. The third-order valence-electron chi connectivity index (χ3n) is 2.14. The molecule has 0 saturated heterocycles. The number of carbonyl (C=O) groups excluding carboxylic acids is 1. The summed E-state index contributed by atoms with van der Waals surface area (Å²) in [6, 6.07) is 7.35. The van der Waals surface area contributed by atoms with Gasteiger partial charge in [-0.1, -0.05) is 28.1 Å². The second-order valence-corrected chi connectivity index (χ2v) is 4.49. The molecule has 0 aromatic heterocycles. The van der Waals surface area contributed by atoms with Crippen LogP contribution in [0, 0.1) is 0 Å². The topological polar surface area (TPSA) is 55.1 Å². The van der Waals surface area contributed by atoms with E-state index in [0.717, 1.165) is 10.0 Å². The zero-order chi connectivity index (χ0) is 11.4. The highest BCUT2D eigenvalue weighted by Gasteiger charge is 2.12. The molecule has 82 valence electrons. The highest BCUT2D eigenvalue weighted by atomic mass is 79.9. The van der Waals surface area contributed by atoms with Crippen LogP contribution in [0.4, 0.5) is 0 Å². The second-order valence-electron chi connectivity index (χ2n) is 3.57. The minimum atomic E-state index is -0.470. The quantitative estimate of drug-likeness (QED) is 0.883. The van der Waals surface area contributed by atoms with Crippen molar-refractivity contribution in [2.24, 2.45) is 5.73 Å². The molecule has 0 spiro atoms. The van der Waals surface area contributed by atoms with E-state index in [4.69, 9.17) is 5.73 Å². The molecule has 1 aromatic carbocycles. The lowest BCUT2D eigenvalue weighted by molar-refractivity contribution is -0.122. The first kappa shape index (κ1) is 12.2. The number of hydrogen-bond donors (Lipinski definition) is 2. The summed E-state index contributed by atoms with van der Waals surface area (Å²) in [7, 11) is 0. The van der Waals surface area contributed by atoms with Crippen LogP contribution in [0.25, 0.3) is 0 Å². The van der Waals surface area contributed by atoms with Gasteiger partial charge in [0.2, 0.25) is 5.91 Å². The van der Waals surface area contributed by atoms with E-state index in [1.54, 1.807) is 6.92 Å². The van der Waals surface area contributed by atoms with Crippen LogP contribution in [-0.2, 0) is 4.79 Å². The Hall–Kier alpha value is -0.870. The van der Waals surface area contributed by atoms with Crippen molar-refractivity contribution in [3.63, 3.8) is 0 Å². The molecule has 1 rings (SSSR count). The second kappa shape index (κ2) is 5.28. The molecule has 3 nitrogen and oxygen atoms in total. The van der Waals surface area contributed by atoms with Gasteiger partial charge in [-0.25, -0.2) is 0 Å². The van der Waals surface area contributed by atoms with Gasteiger partial charge >= 0.3 is 0 Å². The van der Waals surface area contributed by atoms with Gasteiger partial charge in [-0.3, -0.25) is 4.79 Å². The predicted octanol–water partition coefficient (Wildman–Crippen LogP) is 1.97. The van der Waals surface area contributed by atoms with Crippen molar-refractivity contribution in [2.75, 3.05) is 0 Å². The van der Waals surface area contributed by atoms with E-state index in [1.807, 2.05) is 31.2 Å². The molecular weight excluding hydrogens is 256 g/mol. The Kier molecular flexibility index (Phi) is 4.29. The van der Waals surface area contributed by atoms with Crippen molar-refractivity contribution < 1.29 is 4.79 Å². The number of hydrogen-bond acceptors (Lipinski definition) is 2. The normalized spacial score (nSPS) is 14.4. The molecule has 0 radical (unpaired) electrons. The molecule has 3 N–H and O–H groups in total. The fraction of sp³-hybridized carbons (Fsp3) is 0.364. The summed E-state index contributed by atoms with van der Waals surface area (Å²) in [4.78, 5) is 11.3. The van der Waals surface area contributed by atoms with Crippen LogP contribution in [0.1, 0.15) is 25.5 Å². The maximum Gasteiger partial charge on any atom is 0.237 e. The van der Waals surface area contributed by atoms with Crippen LogP contribution >= 0.6 is 15.9 Å². The van der Waals surface area contributed by atoms with Crippen molar-refractivity contribution >= 4 is 21.8 Å². The van der Waals surface area contributed by atoms with E-state index in [9.17, 15) is 4.79 Å². The summed E-state index contributed by atoms with van der Waals surface area (Å²) in [6.07, 6.45) is 0. The Morgan fingerprint density at radius 3 is 2.33 bits per heavy atom. The summed E-state index contributed by atoms with van der Waals surface area (Å²) in [5.41, 5.74) is 6.53. The van der Waals surface area contributed by atoms with Crippen LogP contribution in [0.5, 0.6) is 0 Å². The molecule has 0 aliphatic carbocycles. The van der Waals surface area contributed by atoms with Gasteiger partial charge in [-0.05, 0) is 31.5 Å². The number of rotatable bonds is 3. The molecular formula is C11H15BrN2O. The highest BCUT2D eigenvalue weighted by Crippen LogP contribution is 2.16. The van der Waals surface area contributed by atoms with Gasteiger partial charge < -0.3 is 11.1 Å². The van der Waals surface area contributed by atoms with Crippen LogP contribution in [-0.4, -0.2) is 11.9 Å². The average molecular weight is 271 g/mol. The molecule has 0 bridgehead atoms. The lowest BCUT2D eigenvalue weighted by Gasteiger charge is -2.15. The first-order valence-corrected chi connectivity index (χ1v) is 5.61. The molecule has 0 fully saturated rings. The van der Waals surface area contributed by atoms with Crippen molar-refractivity contribution in [1.82, 2.24) is 5.32 Å². The van der Waals surface area contributed by atoms with Gasteiger partial charge in [0.1, 0.15) is 0 Å². The number of halogens is 1. The van der Waals surface area contributed by atoms with Crippen molar-refractivity contribution in [3.8, 4) is 0 Å². The standard InChI is InChI=1S/C11H15BrN2O/c1-7(13)11(15)14-8(2)9-3-5-10(12)6-4-9/h3-8H,13H2,1-2H3,(H,14,15)/t7?,8-/m0/s1. The zero-order valence-electron chi connectivity index (χ0n) is 8.83. The monoisotopic (exact) mass is 270 g/mol. The van der Waals surface area contributed by atoms with E-state index < -0.39 is 6.04 Å². The van der Waals surface area contributed by atoms with Gasteiger partial charge in [0.25, 0.3) is 0 Å². The molecule has 0 aliphatic rings. The molecule has 1 unspecified atom stereocenters. The minimum Gasteiger partial charge on any atom is -0.348 e. The smallest absolute Gasteiger partial charge is 0.237 e. The molecule has 1 amide bonds. The van der Waals surface area contributed by atoms with Crippen molar-refractivity contribution in [2.45, 2.75) is 25.9 Å². The fourth-order valence-corrected chi connectivity index (χ4v) is 1.44. The molecule has 0 aliphatic heterocycles. The zero-order valence-corrected chi connectivity index (χ0v) is 10.4. The third-order valence-corrected chi connectivity index (χ3v) is 2.67. The molecule has 1 aromatic rings. The number of nitrogens with two attached hydrogens (primary N) is 1. The van der Waals surface area contributed by atoms with Crippen molar-refractivity contribution in [1.29, 1.82) is 0 Å². The molecule has 4 heteroatoms. The fourth-order valence-electron chi connectivity index (χ4n) is 1.18. The van der Waals surface area contributed by atoms with Crippen LogP contribution < -0.4 is 11.1 Å². The van der Waals surface area contributed by atoms with Gasteiger partial charge in [0, 0.05) is 4.47 Å². The lowest BCUT2D eigenvalue weighted by Crippen LogP contribution is -2.39. The van der Waals surface area contributed by atoms with Crippen molar-refractivity contribution in [3.05, 3.63) is 34.3 Å². The SMILES string of the molecule is CC(N)C(=O)N[C@@H](C)c1ccc(Br)cc1. The van der Waals surface area contributed by atoms with Crippen LogP contribution in [0.15, 0.2) is 28.7 Å². The maximum atomic E-state index is 11.3. The van der Waals surface area contributed by atoms with Gasteiger partial charge in [0.05, 0.1) is 12.1 Å². The molecule has 0 heterocycles. The predicted molar refractivity (Wildman–Crippen MR) is 64.3 cm³/mol. The number of nitrogens with one attached hydrogen (secondary N) is 1. The first-order chi connectivity index (χ1) is 7.00. The lowest BCUT2D eigenvalue weighted by atomic mass is 10.1. The van der Waals surface area contributed by atoms with E-state index in [-0.39, 0.29) is 11.9 Å². The Balaban J connectivity index is 2.65. The highest BCUT2D eigenvalue weighted by molar-refractivity contribution is 9.10. The number of carbonyl (C=O) groups is 1. The average Bonchev–Trinajstić information content (AvgIpc) is 2.18. The minimum absolute atomic E-state index is 0.0170. The molecule has 0 saturated carbocycles. The summed E-state index contributed by atoms with van der Waals surface area (Å²) in [5.74, 6) is -0.134. The Morgan fingerprint density at radius 2 is 1.87 bits per heavy atom. The third kappa shape index (κ3) is 3.64. The summed E-state index contributed by atoms with van der Waals surface area (Å²) in [5, 5.41) is 2.84.